The Bertz CT molecular complexity index is 453. The van der Waals surface area contributed by atoms with Crippen molar-refractivity contribution in [2.75, 3.05) is 0 Å². The zero-order chi connectivity index (χ0) is 9.47. The van der Waals surface area contributed by atoms with Gasteiger partial charge in [0.25, 0.3) is 0 Å². The molecule has 0 aliphatic heterocycles. The first kappa shape index (κ1) is 8.44. The number of fused-ring (bicyclic) bond motifs is 1. The van der Waals surface area contributed by atoms with Crippen LogP contribution in [-0.2, 0) is 4.57 Å². The molecule has 13 heavy (non-hydrogen) atoms. The maximum absolute atomic E-state index is 10.7. The van der Waals surface area contributed by atoms with Crippen LogP contribution in [0.3, 0.4) is 0 Å². The minimum absolute atomic E-state index is 0.376. The van der Waals surface area contributed by atoms with Crippen molar-refractivity contribution in [1.29, 1.82) is 0 Å². The summed E-state index contributed by atoms with van der Waals surface area (Å²) < 4.78 is 15.6. The molecule has 0 unspecified atom stereocenters. The fourth-order valence-corrected chi connectivity index (χ4v) is 1.44. The Morgan fingerprint density at radius 2 is 2.00 bits per heavy atom. The summed E-state index contributed by atoms with van der Waals surface area (Å²) in [7, 11) is -4.37. The van der Waals surface area contributed by atoms with E-state index in [0.717, 1.165) is 0 Å². The second-order valence-corrected chi connectivity index (χ2v) is 3.98. The van der Waals surface area contributed by atoms with Gasteiger partial charge >= 0.3 is 13.2 Å². The second kappa shape index (κ2) is 2.67. The van der Waals surface area contributed by atoms with Crippen LogP contribution in [0, 0.1) is 0 Å². The van der Waals surface area contributed by atoms with Crippen LogP contribution in [-0.4, -0.2) is 14.8 Å². The monoisotopic (exact) mass is 199 g/mol. The highest BCUT2D eigenvalue weighted by atomic mass is 31.2. The number of para-hydroxylation sites is 2. The van der Waals surface area contributed by atoms with Crippen LogP contribution in [0.5, 0.6) is 0 Å². The van der Waals surface area contributed by atoms with E-state index in [-0.39, 0.29) is 0 Å². The van der Waals surface area contributed by atoms with Crippen LogP contribution >= 0.6 is 7.60 Å². The molecule has 2 N–H and O–H groups in total. The molecule has 0 aliphatic rings. The SMILES string of the molecule is O=P(O)(O)c1nc2ccccc2o1. The second-order valence-electron chi connectivity index (χ2n) is 2.51. The van der Waals surface area contributed by atoms with Gasteiger partial charge in [-0.25, -0.2) is 9.55 Å². The van der Waals surface area contributed by atoms with Crippen molar-refractivity contribution in [3.8, 4) is 0 Å². The minimum Gasteiger partial charge on any atom is -0.430 e. The van der Waals surface area contributed by atoms with Gasteiger partial charge in [-0.2, -0.15) is 0 Å². The zero-order valence-corrected chi connectivity index (χ0v) is 7.31. The molecule has 0 bridgehead atoms. The molecule has 2 rings (SSSR count). The summed E-state index contributed by atoms with van der Waals surface area (Å²) in [6.45, 7) is 0. The molecule has 0 aliphatic carbocycles. The Balaban J connectivity index is 2.69. The van der Waals surface area contributed by atoms with Gasteiger partial charge in [0, 0.05) is 0 Å². The van der Waals surface area contributed by atoms with Gasteiger partial charge in [-0.3, -0.25) is 0 Å². The summed E-state index contributed by atoms with van der Waals surface area (Å²) in [5.74, 6) is 0. The number of aromatic nitrogens is 1. The Morgan fingerprint density at radius 1 is 1.31 bits per heavy atom. The van der Waals surface area contributed by atoms with Gasteiger partial charge in [0.15, 0.2) is 5.58 Å². The molecule has 2 aromatic rings. The third-order valence-electron chi connectivity index (χ3n) is 1.53. The molecule has 0 spiro atoms. The molecule has 1 aromatic heterocycles. The van der Waals surface area contributed by atoms with Crippen molar-refractivity contribution in [2.45, 2.75) is 0 Å². The lowest BCUT2D eigenvalue weighted by Crippen LogP contribution is -2.02. The third kappa shape index (κ3) is 1.49. The van der Waals surface area contributed by atoms with E-state index in [1.807, 2.05) is 0 Å². The summed E-state index contributed by atoms with van der Waals surface area (Å²) in [6.07, 6.45) is 0. The molecule has 0 radical (unpaired) electrons. The van der Waals surface area contributed by atoms with Crippen molar-refractivity contribution in [1.82, 2.24) is 4.98 Å². The quantitative estimate of drug-likeness (QED) is 0.658. The first-order chi connectivity index (χ1) is 6.07. The van der Waals surface area contributed by atoms with Crippen LogP contribution in [0.15, 0.2) is 28.7 Å². The van der Waals surface area contributed by atoms with Crippen LogP contribution in [0.4, 0.5) is 0 Å². The Labute approximate surface area is 73.2 Å². The lowest BCUT2D eigenvalue weighted by molar-refractivity contribution is 0.376. The highest BCUT2D eigenvalue weighted by Gasteiger charge is 2.24. The molecule has 6 heteroatoms. The Kier molecular flexibility index (Phi) is 1.73. The topological polar surface area (TPSA) is 83.6 Å². The standard InChI is InChI=1S/C7H6NO4P/c9-13(10,11)7-8-5-3-1-2-4-6(5)12-7/h1-4H,(H2,9,10,11). The van der Waals surface area contributed by atoms with E-state index in [0.29, 0.717) is 11.1 Å². The van der Waals surface area contributed by atoms with E-state index < -0.39 is 13.2 Å². The summed E-state index contributed by atoms with van der Waals surface area (Å²) >= 11 is 0. The number of hydrogen-bond acceptors (Lipinski definition) is 3. The molecule has 0 saturated heterocycles. The summed E-state index contributed by atoms with van der Waals surface area (Å²) in [5.41, 5.74) is 0.287. The maximum atomic E-state index is 10.7. The average molecular weight is 199 g/mol. The molecule has 5 nitrogen and oxygen atoms in total. The molecule has 68 valence electrons. The van der Waals surface area contributed by atoms with Gasteiger partial charge in [-0.1, -0.05) is 12.1 Å². The maximum Gasteiger partial charge on any atom is 0.411 e. The van der Waals surface area contributed by atoms with E-state index >= 15 is 0 Å². The van der Waals surface area contributed by atoms with Crippen molar-refractivity contribution in [2.24, 2.45) is 0 Å². The highest BCUT2D eigenvalue weighted by Crippen LogP contribution is 2.33. The van der Waals surface area contributed by atoms with E-state index in [1.54, 1.807) is 24.3 Å². The first-order valence-corrected chi connectivity index (χ1v) is 5.10. The molecule has 1 heterocycles. The fraction of sp³-hybridized carbons (Fsp3) is 0. The lowest BCUT2D eigenvalue weighted by Gasteiger charge is -1.93. The lowest BCUT2D eigenvalue weighted by atomic mass is 10.3. The predicted octanol–water partition coefficient (Wildman–Crippen LogP) is 0.631. The third-order valence-corrected chi connectivity index (χ3v) is 2.22. The molecule has 1 aromatic carbocycles. The highest BCUT2D eigenvalue weighted by molar-refractivity contribution is 7.59. The van der Waals surface area contributed by atoms with Gasteiger partial charge in [0.05, 0.1) is 0 Å². The minimum atomic E-state index is -4.37. The average Bonchev–Trinajstić information content (AvgIpc) is 2.45. The number of hydrogen-bond donors (Lipinski definition) is 2. The smallest absolute Gasteiger partial charge is 0.411 e. The van der Waals surface area contributed by atoms with E-state index in [1.165, 1.54) is 0 Å². The number of rotatable bonds is 1. The molecule has 0 saturated carbocycles. The predicted molar refractivity (Wildman–Crippen MR) is 45.7 cm³/mol. The summed E-state index contributed by atoms with van der Waals surface area (Å²) in [4.78, 5) is 21.1. The van der Waals surface area contributed by atoms with Gasteiger partial charge in [0.2, 0.25) is 0 Å². The van der Waals surface area contributed by atoms with Gasteiger partial charge in [0.1, 0.15) is 5.52 Å². The number of oxazole rings is 1. The van der Waals surface area contributed by atoms with Crippen molar-refractivity contribution < 1.29 is 18.8 Å². The van der Waals surface area contributed by atoms with Gasteiger partial charge < -0.3 is 14.2 Å². The number of benzene rings is 1. The van der Waals surface area contributed by atoms with Crippen LogP contribution in [0.1, 0.15) is 0 Å². The van der Waals surface area contributed by atoms with Crippen molar-refractivity contribution >= 4 is 24.3 Å². The molecule has 0 atom stereocenters. The van der Waals surface area contributed by atoms with E-state index in [9.17, 15) is 4.57 Å². The zero-order valence-electron chi connectivity index (χ0n) is 6.41. The molecule has 0 amide bonds. The first-order valence-electron chi connectivity index (χ1n) is 3.49. The molecule has 0 fully saturated rings. The molecular formula is C7H6NO4P. The van der Waals surface area contributed by atoms with Crippen LogP contribution in [0.2, 0.25) is 0 Å². The van der Waals surface area contributed by atoms with Crippen LogP contribution in [0.25, 0.3) is 11.1 Å². The van der Waals surface area contributed by atoms with Crippen molar-refractivity contribution in [3.05, 3.63) is 24.3 Å². The van der Waals surface area contributed by atoms with Gasteiger partial charge in [-0.15, -0.1) is 0 Å². The Morgan fingerprint density at radius 3 is 2.62 bits per heavy atom. The number of nitrogens with zero attached hydrogens (tertiary/aromatic N) is 1. The Hall–Kier alpha value is -1.16. The molecular weight excluding hydrogens is 193 g/mol. The van der Waals surface area contributed by atoms with Crippen molar-refractivity contribution in [3.63, 3.8) is 0 Å². The summed E-state index contributed by atoms with van der Waals surface area (Å²) in [6, 6.07) is 6.64. The van der Waals surface area contributed by atoms with Crippen LogP contribution < -0.4 is 5.63 Å². The fourth-order valence-electron chi connectivity index (χ4n) is 0.985. The van der Waals surface area contributed by atoms with E-state index in [2.05, 4.69) is 4.98 Å². The largest absolute Gasteiger partial charge is 0.430 e. The van der Waals surface area contributed by atoms with Gasteiger partial charge in [-0.05, 0) is 12.1 Å². The summed E-state index contributed by atoms with van der Waals surface area (Å²) in [5, 5.41) is 0. The van der Waals surface area contributed by atoms with E-state index in [4.69, 9.17) is 14.2 Å². The normalized spacial score (nSPS) is 12.2.